The predicted molar refractivity (Wildman–Crippen MR) is 125 cm³/mol. The molecule has 0 unspecified atom stereocenters. The highest BCUT2D eigenvalue weighted by Gasteiger charge is 2.17. The van der Waals surface area contributed by atoms with Gasteiger partial charge in [0.05, 0.1) is 29.1 Å². The summed E-state index contributed by atoms with van der Waals surface area (Å²) in [5, 5.41) is 23.3. The SMILES string of the molecule is Cc1ccc(NS(=O)(=O)c2cccc(C(=O)NN=Cc3c(CO)cnc(C)c3O)c2)c(C)c1. The smallest absolute Gasteiger partial charge is 0.271 e. The number of carbonyl (C=O) groups is 1. The monoisotopic (exact) mass is 468 g/mol. The molecule has 3 rings (SSSR count). The Bertz CT molecular complexity index is 1340. The number of hydrazone groups is 1. The molecule has 0 saturated carbocycles. The summed E-state index contributed by atoms with van der Waals surface area (Å²) in [4.78, 5) is 16.4. The van der Waals surface area contributed by atoms with Crippen LogP contribution in [0.5, 0.6) is 5.75 Å². The molecule has 0 fully saturated rings. The lowest BCUT2D eigenvalue weighted by Crippen LogP contribution is -2.19. The molecule has 0 aliphatic carbocycles. The molecule has 0 radical (unpaired) electrons. The molecule has 1 heterocycles. The second-order valence-corrected chi connectivity index (χ2v) is 9.12. The molecule has 0 aliphatic heterocycles. The molecule has 0 spiro atoms. The van der Waals surface area contributed by atoms with Crippen molar-refractivity contribution >= 4 is 27.8 Å². The number of carbonyl (C=O) groups excluding carboxylic acids is 1. The van der Waals surface area contributed by atoms with Crippen LogP contribution in [0.4, 0.5) is 5.69 Å². The first-order valence-electron chi connectivity index (χ1n) is 9.94. The molecule has 3 aromatic rings. The van der Waals surface area contributed by atoms with Gasteiger partial charge >= 0.3 is 0 Å². The summed E-state index contributed by atoms with van der Waals surface area (Å²) in [6.45, 7) is 4.93. The molecule has 0 bridgehead atoms. The molecule has 172 valence electrons. The third-order valence-corrected chi connectivity index (χ3v) is 6.28. The first kappa shape index (κ1) is 23.9. The van der Waals surface area contributed by atoms with E-state index in [9.17, 15) is 23.4 Å². The number of aliphatic hydroxyl groups excluding tert-OH is 1. The molecule has 1 amide bonds. The van der Waals surface area contributed by atoms with Gasteiger partial charge in [-0.2, -0.15) is 5.10 Å². The molecule has 10 heteroatoms. The Hall–Kier alpha value is -3.76. The zero-order chi connectivity index (χ0) is 24.2. The fourth-order valence-electron chi connectivity index (χ4n) is 3.08. The van der Waals surface area contributed by atoms with Crippen molar-refractivity contribution in [2.45, 2.75) is 32.3 Å². The Morgan fingerprint density at radius 3 is 2.61 bits per heavy atom. The lowest BCUT2D eigenvalue weighted by Gasteiger charge is -2.12. The van der Waals surface area contributed by atoms with E-state index in [0.29, 0.717) is 16.9 Å². The highest BCUT2D eigenvalue weighted by Crippen LogP contribution is 2.23. The average Bonchev–Trinajstić information content (AvgIpc) is 2.78. The number of aliphatic hydroxyl groups is 1. The quantitative estimate of drug-likeness (QED) is 0.310. The number of rotatable bonds is 7. The number of amides is 1. The fraction of sp³-hybridized carbons (Fsp3) is 0.174. The maximum Gasteiger partial charge on any atom is 0.271 e. The highest BCUT2D eigenvalue weighted by atomic mass is 32.2. The number of nitrogens with zero attached hydrogens (tertiary/aromatic N) is 2. The summed E-state index contributed by atoms with van der Waals surface area (Å²) < 4.78 is 28.2. The Kier molecular flexibility index (Phi) is 7.10. The van der Waals surface area contributed by atoms with Crippen LogP contribution in [0, 0.1) is 20.8 Å². The minimum atomic E-state index is -3.92. The minimum Gasteiger partial charge on any atom is -0.505 e. The first-order valence-corrected chi connectivity index (χ1v) is 11.4. The van der Waals surface area contributed by atoms with Crippen LogP contribution >= 0.6 is 0 Å². The van der Waals surface area contributed by atoms with E-state index in [1.807, 2.05) is 13.0 Å². The normalized spacial score (nSPS) is 11.5. The number of aromatic hydroxyl groups is 1. The second kappa shape index (κ2) is 9.80. The lowest BCUT2D eigenvalue weighted by molar-refractivity contribution is 0.0955. The largest absolute Gasteiger partial charge is 0.505 e. The first-order chi connectivity index (χ1) is 15.6. The predicted octanol–water partition coefficient (Wildman–Crippen LogP) is 2.77. The molecule has 33 heavy (non-hydrogen) atoms. The number of nitrogens with one attached hydrogen (secondary N) is 2. The molecule has 2 aromatic carbocycles. The maximum atomic E-state index is 12.8. The van der Waals surface area contributed by atoms with E-state index >= 15 is 0 Å². The molecular formula is C23H24N4O5S. The number of hydrogen-bond acceptors (Lipinski definition) is 7. The number of benzene rings is 2. The molecule has 0 aliphatic rings. The third kappa shape index (κ3) is 5.54. The summed E-state index contributed by atoms with van der Waals surface area (Å²) in [5.74, 6) is -0.809. The van der Waals surface area contributed by atoms with Crippen LogP contribution in [0.15, 0.2) is 58.7 Å². The van der Waals surface area contributed by atoms with Crippen LogP contribution in [-0.4, -0.2) is 35.7 Å². The van der Waals surface area contributed by atoms with Crippen LogP contribution in [-0.2, 0) is 16.6 Å². The van der Waals surface area contributed by atoms with Crippen molar-refractivity contribution in [3.8, 4) is 5.75 Å². The molecule has 9 nitrogen and oxygen atoms in total. The Morgan fingerprint density at radius 1 is 1.15 bits per heavy atom. The molecule has 1 aromatic heterocycles. The maximum absolute atomic E-state index is 12.8. The van der Waals surface area contributed by atoms with Crippen molar-refractivity contribution in [2.24, 2.45) is 5.10 Å². The molecule has 0 atom stereocenters. The second-order valence-electron chi connectivity index (χ2n) is 7.44. The average molecular weight is 469 g/mol. The van der Waals surface area contributed by atoms with E-state index in [-0.39, 0.29) is 28.4 Å². The van der Waals surface area contributed by atoms with Crippen LogP contribution in [0.25, 0.3) is 0 Å². The summed E-state index contributed by atoms with van der Waals surface area (Å²) in [6, 6.07) is 10.9. The van der Waals surface area contributed by atoms with Gasteiger partial charge < -0.3 is 10.2 Å². The van der Waals surface area contributed by atoms with Gasteiger partial charge in [-0.05, 0) is 50.6 Å². The molecule has 4 N–H and O–H groups in total. The van der Waals surface area contributed by atoms with Crippen LogP contribution in [0.1, 0.15) is 38.3 Å². The molecule has 0 saturated heterocycles. The van der Waals surface area contributed by atoms with Gasteiger partial charge in [0.1, 0.15) is 5.75 Å². The number of aromatic nitrogens is 1. The standard InChI is InChI=1S/C23H24N4O5S/c1-14-7-8-21(15(2)9-14)27-33(31,32)19-6-4-5-17(10-19)23(30)26-25-12-20-18(13-28)11-24-16(3)22(20)29/h4-12,27-29H,13H2,1-3H3,(H,26,30). The van der Waals surface area contributed by atoms with E-state index < -0.39 is 15.9 Å². The zero-order valence-corrected chi connectivity index (χ0v) is 19.1. The van der Waals surface area contributed by atoms with E-state index in [2.05, 4.69) is 20.2 Å². The third-order valence-electron chi connectivity index (χ3n) is 4.92. The van der Waals surface area contributed by atoms with Crippen molar-refractivity contribution in [3.05, 3.63) is 82.2 Å². The van der Waals surface area contributed by atoms with Crippen LogP contribution < -0.4 is 10.1 Å². The minimum absolute atomic E-state index is 0.0770. The van der Waals surface area contributed by atoms with E-state index in [4.69, 9.17) is 0 Å². The Morgan fingerprint density at radius 2 is 1.91 bits per heavy atom. The van der Waals surface area contributed by atoms with Crippen molar-refractivity contribution < 1.29 is 23.4 Å². The summed E-state index contributed by atoms with van der Waals surface area (Å²) in [7, 11) is -3.92. The van der Waals surface area contributed by atoms with Gasteiger partial charge in [-0.3, -0.25) is 14.5 Å². The van der Waals surface area contributed by atoms with Crippen molar-refractivity contribution in [1.29, 1.82) is 0 Å². The highest BCUT2D eigenvalue weighted by molar-refractivity contribution is 7.92. The van der Waals surface area contributed by atoms with Gasteiger partial charge in [-0.1, -0.05) is 23.8 Å². The number of pyridine rings is 1. The van der Waals surface area contributed by atoms with Gasteiger partial charge in [-0.25, -0.2) is 13.8 Å². The van der Waals surface area contributed by atoms with Gasteiger partial charge in [0, 0.05) is 22.9 Å². The van der Waals surface area contributed by atoms with Crippen LogP contribution in [0.2, 0.25) is 0 Å². The van der Waals surface area contributed by atoms with Gasteiger partial charge in [-0.15, -0.1) is 0 Å². The van der Waals surface area contributed by atoms with Crippen molar-refractivity contribution in [1.82, 2.24) is 10.4 Å². The lowest BCUT2D eigenvalue weighted by atomic mass is 10.1. The van der Waals surface area contributed by atoms with Gasteiger partial charge in [0.15, 0.2) is 0 Å². The number of aryl methyl sites for hydroxylation is 3. The van der Waals surface area contributed by atoms with Crippen molar-refractivity contribution in [3.63, 3.8) is 0 Å². The van der Waals surface area contributed by atoms with Crippen molar-refractivity contribution in [2.75, 3.05) is 4.72 Å². The number of sulfonamides is 1. The Balaban J connectivity index is 1.79. The Labute approximate surface area is 191 Å². The van der Waals surface area contributed by atoms with Gasteiger partial charge in [0.25, 0.3) is 15.9 Å². The summed E-state index contributed by atoms with van der Waals surface area (Å²) >= 11 is 0. The van der Waals surface area contributed by atoms with E-state index in [1.165, 1.54) is 36.7 Å². The van der Waals surface area contributed by atoms with Gasteiger partial charge in [0.2, 0.25) is 0 Å². The number of hydrogen-bond donors (Lipinski definition) is 4. The van der Waals surface area contributed by atoms with E-state index in [0.717, 1.165) is 11.1 Å². The topological polar surface area (TPSA) is 141 Å². The number of anilines is 1. The fourth-order valence-corrected chi connectivity index (χ4v) is 4.25. The van der Waals surface area contributed by atoms with Crippen LogP contribution in [0.3, 0.4) is 0 Å². The summed E-state index contributed by atoms with van der Waals surface area (Å²) in [5.41, 5.74) is 5.50. The zero-order valence-electron chi connectivity index (χ0n) is 18.3. The van der Waals surface area contributed by atoms with E-state index in [1.54, 1.807) is 26.0 Å². The molecular weight excluding hydrogens is 444 g/mol. The summed E-state index contributed by atoms with van der Waals surface area (Å²) in [6.07, 6.45) is 2.59.